The number of ether oxygens (including phenoxy) is 2. The van der Waals surface area contributed by atoms with Gasteiger partial charge < -0.3 is 26.7 Å². The van der Waals surface area contributed by atoms with Crippen LogP contribution in [0.3, 0.4) is 0 Å². The lowest BCUT2D eigenvalue weighted by atomic mass is 10.2. The molecule has 6 N–H and O–H groups in total. The molecular formula is C11H15N5O3. The summed E-state index contributed by atoms with van der Waals surface area (Å²) in [4.78, 5) is 18.9. The number of esters is 1. The number of carbonyl (C=O) groups excluding carboxylic acids is 1. The van der Waals surface area contributed by atoms with Gasteiger partial charge in [-0.25, -0.2) is 9.79 Å². The molecule has 0 amide bonds. The second kappa shape index (κ2) is 6.24. The summed E-state index contributed by atoms with van der Waals surface area (Å²) in [5.41, 5.74) is 16.6. The Kier molecular flexibility index (Phi) is 4.69. The molecule has 0 radical (unpaired) electrons. The van der Waals surface area contributed by atoms with Crippen molar-refractivity contribution in [2.45, 2.75) is 0 Å². The topological polar surface area (TPSA) is 138 Å². The number of hydrogen-bond acceptors (Lipinski definition) is 4. The number of nitrogens with zero attached hydrogens (tertiary/aromatic N) is 2. The second-order valence-corrected chi connectivity index (χ2v) is 3.38. The minimum atomic E-state index is -0.481. The zero-order valence-electron chi connectivity index (χ0n) is 10.6. The fourth-order valence-corrected chi connectivity index (χ4v) is 1.30. The molecule has 0 heterocycles. The molecule has 0 aromatic heterocycles. The maximum atomic E-state index is 11.4. The van der Waals surface area contributed by atoms with Crippen molar-refractivity contribution in [1.82, 2.24) is 0 Å². The number of hydrogen-bond donors (Lipinski definition) is 3. The number of nitrogens with two attached hydrogens (primary N) is 3. The minimum Gasteiger partial charge on any atom is -0.494 e. The van der Waals surface area contributed by atoms with E-state index in [9.17, 15) is 4.79 Å². The third-order valence-corrected chi connectivity index (χ3v) is 2.08. The Labute approximate surface area is 109 Å². The summed E-state index contributed by atoms with van der Waals surface area (Å²) in [5, 5.41) is 0. The molecule has 19 heavy (non-hydrogen) atoms. The highest BCUT2D eigenvalue weighted by Gasteiger charge is 2.10. The summed E-state index contributed by atoms with van der Waals surface area (Å²) in [5.74, 6) is -0.460. The van der Waals surface area contributed by atoms with Crippen LogP contribution in [-0.2, 0) is 4.74 Å². The molecule has 1 aromatic rings. The molecule has 8 nitrogen and oxygen atoms in total. The van der Waals surface area contributed by atoms with Crippen LogP contribution >= 0.6 is 0 Å². The molecule has 1 aromatic carbocycles. The molecule has 0 aliphatic heterocycles. The van der Waals surface area contributed by atoms with E-state index >= 15 is 0 Å². The number of carbonyl (C=O) groups is 1. The van der Waals surface area contributed by atoms with Crippen molar-refractivity contribution in [1.29, 1.82) is 0 Å². The highest BCUT2D eigenvalue weighted by molar-refractivity contribution is 5.94. The number of methoxy groups -OCH3 is 2. The molecule has 8 heteroatoms. The molecule has 0 aliphatic carbocycles. The predicted molar refractivity (Wildman–Crippen MR) is 71.4 cm³/mol. The van der Waals surface area contributed by atoms with Gasteiger partial charge in [0.25, 0.3) is 0 Å². The first-order chi connectivity index (χ1) is 8.97. The molecule has 0 aliphatic rings. The van der Waals surface area contributed by atoms with Crippen LogP contribution in [0.1, 0.15) is 10.4 Å². The zero-order valence-corrected chi connectivity index (χ0v) is 10.6. The Morgan fingerprint density at radius 3 is 2.42 bits per heavy atom. The number of guanidine groups is 2. The van der Waals surface area contributed by atoms with Crippen molar-refractivity contribution in [2.24, 2.45) is 27.2 Å². The Morgan fingerprint density at radius 2 is 1.89 bits per heavy atom. The van der Waals surface area contributed by atoms with E-state index in [1.54, 1.807) is 6.07 Å². The lowest BCUT2D eigenvalue weighted by Gasteiger charge is -2.06. The Bertz CT molecular complexity index is 535. The van der Waals surface area contributed by atoms with Gasteiger partial charge in [-0.2, -0.15) is 4.99 Å². The van der Waals surface area contributed by atoms with Crippen molar-refractivity contribution in [3.8, 4) is 5.75 Å². The van der Waals surface area contributed by atoms with Gasteiger partial charge in [-0.05, 0) is 18.2 Å². The average molecular weight is 265 g/mol. The van der Waals surface area contributed by atoms with Crippen LogP contribution < -0.4 is 21.9 Å². The van der Waals surface area contributed by atoms with Gasteiger partial charge in [-0.3, -0.25) is 0 Å². The van der Waals surface area contributed by atoms with Crippen molar-refractivity contribution >= 4 is 23.6 Å². The number of rotatable bonds is 3. The van der Waals surface area contributed by atoms with Gasteiger partial charge in [0.1, 0.15) is 11.4 Å². The second-order valence-electron chi connectivity index (χ2n) is 3.38. The van der Waals surface area contributed by atoms with Crippen LogP contribution in [0.25, 0.3) is 0 Å². The van der Waals surface area contributed by atoms with Gasteiger partial charge in [0.05, 0.1) is 19.8 Å². The molecule has 0 saturated carbocycles. The monoisotopic (exact) mass is 265 g/mol. The van der Waals surface area contributed by atoms with E-state index in [0.717, 1.165) is 0 Å². The van der Waals surface area contributed by atoms with Gasteiger partial charge in [-0.15, -0.1) is 0 Å². The summed E-state index contributed by atoms with van der Waals surface area (Å²) >= 11 is 0. The fraction of sp³-hybridized carbons (Fsp3) is 0.182. The molecule has 0 saturated heterocycles. The summed E-state index contributed by atoms with van der Waals surface area (Å²) in [6.07, 6.45) is 0. The first kappa shape index (κ1) is 14.3. The molecule has 0 fully saturated rings. The van der Waals surface area contributed by atoms with Gasteiger partial charge in [0.15, 0.2) is 5.96 Å². The number of benzene rings is 1. The van der Waals surface area contributed by atoms with Crippen molar-refractivity contribution in [2.75, 3.05) is 14.2 Å². The molecular weight excluding hydrogens is 250 g/mol. The van der Waals surface area contributed by atoms with E-state index in [0.29, 0.717) is 17.0 Å². The van der Waals surface area contributed by atoms with E-state index in [2.05, 4.69) is 14.7 Å². The molecule has 0 spiro atoms. The lowest BCUT2D eigenvalue weighted by Crippen LogP contribution is -2.26. The van der Waals surface area contributed by atoms with E-state index in [1.165, 1.54) is 26.4 Å². The van der Waals surface area contributed by atoms with Crippen LogP contribution in [0.2, 0.25) is 0 Å². The molecule has 0 unspecified atom stereocenters. The summed E-state index contributed by atoms with van der Waals surface area (Å²) in [6.45, 7) is 0. The molecule has 0 atom stereocenters. The Balaban J connectivity index is 3.16. The van der Waals surface area contributed by atoms with Crippen LogP contribution in [0.15, 0.2) is 28.2 Å². The average Bonchev–Trinajstić information content (AvgIpc) is 2.37. The molecule has 102 valence electrons. The largest absolute Gasteiger partial charge is 0.494 e. The SMILES string of the molecule is COC(=O)c1ccc(N=C(N)N=C(N)N)c(OC)c1. The molecule has 1 rings (SSSR count). The predicted octanol–water partition coefficient (Wildman–Crippen LogP) is -0.299. The van der Waals surface area contributed by atoms with E-state index in [-0.39, 0.29) is 11.9 Å². The standard InChI is InChI=1S/C11H15N5O3/c1-18-8-5-6(9(17)19-2)3-4-7(8)15-11(14)16-10(12)13/h3-5H,1-2H3,(H6,12,13,14,15,16). The van der Waals surface area contributed by atoms with Crippen LogP contribution in [-0.4, -0.2) is 32.1 Å². The smallest absolute Gasteiger partial charge is 0.337 e. The summed E-state index contributed by atoms with van der Waals surface area (Å²) in [6, 6.07) is 4.55. The summed E-state index contributed by atoms with van der Waals surface area (Å²) < 4.78 is 9.70. The van der Waals surface area contributed by atoms with Crippen molar-refractivity contribution in [3.63, 3.8) is 0 Å². The highest BCUT2D eigenvalue weighted by Crippen LogP contribution is 2.28. The van der Waals surface area contributed by atoms with Crippen LogP contribution in [0.5, 0.6) is 5.75 Å². The maximum Gasteiger partial charge on any atom is 0.337 e. The normalized spacial score (nSPS) is 10.7. The zero-order chi connectivity index (χ0) is 14.4. The lowest BCUT2D eigenvalue weighted by molar-refractivity contribution is 0.0600. The Morgan fingerprint density at radius 1 is 1.21 bits per heavy atom. The van der Waals surface area contributed by atoms with E-state index < -0.39 is 5.97 Å². The minimum absolute atomic E-state index is 0.121. The quantitative estimate of drug-likeness (QED) is 0.389. The summed E-state index contributed by atoms with van der Waals surface area (Å²) in [7, 11) is 2.73. The highest BCUT2D eigenvalue weighted by atomic mass is 16.5. The van der Waals surface area contributed by atoms with E-state index in [4.69, 9.17) is 21.9 Å². The first-order valence-corrected chi connectivity index (χ1v) is 5.18. The van der Waals surface area contributed by atoms with Crippen LogP contribution in [0, 0.1) is 0 Å². The Hall–Kier alpha value is -2.77. The van der Waals surface area contributed by atoms with Crippen LogP contribution in [0.4, 0.5) is 5.69 Å². The maximum absolute atomic E-state index is 11.4. The van der Waals surface area contributed by atoms with Gasteiger partial charge >= 0.3 is 5.97 Å². The molecule has 0 bridgehead atoms. The van der Waals surface area contributed by atoms with Gasteiger partial charge in [0.2, 0.25) is 5.96 Å². The van der Waals surface area contributed by atoms with E-state index in [1.807, 2.05) is 0 Å². The van der Waals surface area contributed by atoms with Crippen molar-refractivity contribution < 1.29 is 14.3 Å². The third kappa shape index (κ3) is 3.87. The van der Waals surface area contributed by atoms with Gasteiger partial charge in [-0.1, -0.05) is 0 Å². The fourth-order valence-electron chi connectivity index (χ4n) is 1.30. The first-order valence-electron chi connectivity index (χ1n) is 5.18. The number of aliphatic imine (C=N–C) groups is 2. The third-order valence-electron chi connectivity index (χ3n) is 2.08. The van der Waals surface area contributed by atoms with Gasteiger partial charge in [0, 0.05) is 0 Å². The van der Waals surface area contributed by atoms with Crippen molar-refractivity contribution in [3.05, 3.63) is 23.8 Å².